The molecule has 5 heteroatoms. The third-order valence-electron chi connectivity index (χ3n) is 3.58. The SMILES string of the molecule is CN(C)Cc1cccc(C(=O)NC[C@H]2CC[C@@H](CO)O2)c1. The van der Waals surface area contributed by atoms with Gasteiger partial charge in [0, 0.05) is 18.7 Å². The van der Waals surface area contributed by atoms with Gasteiger partial charge in [0.25, 0.3) is 5.91 Å². The number of hydrogen-bond acceptors (Lipinski definition) is 4. The van der Waals surface area contributed by atoms with Crippen LogP contribution in [0.15, 0.2) is 24.3 Å². The van der Waals surface area contributed by atoms with E-state index in [2.05, 4.69) is 10.2 Å². The van der Waals surface area contributed by atoms with Crippen molar-refractivity contribution in [2.24, 2.45) is 0 Å². The molecule has 21 heavy (non-hydrogen) atoms. The molecule has 0 aromatic heterocycles. The fraction of sp³-hybridized carbons (Fsp3) is 0.562. The molecule has 0 saturated carbocycles. The number of carbonyl (C=O) groups is 1. The summed E-state index contributed by atoms with van der Waals surface area (Å²) in [6, 6.07) is 7.66. The third-order valence-corrected chi connectivity index (χ3v) is 3.58. The maximum absolute atomic E-state index is 12.2. The number of aliphatic hydroxyl groups excluding tert-OH is 1. The molecule has 1 aliphatic heterocycles. The van der Waals surface area contributed by atoms with E-state index in [-0.39, 0.29) is 24.7 Å². The molecular formula is C16H24N2O3. The minimum Gasteiger partial charge on any atom is -0.394 e. The van der Waals surface area contributed by atoms with Crippen LogP contribution in [0.5, 0.6) is 0 Å². The number of ether oxygens (including phenoxy) is 1. The van der Waals surface area contributed by atoms with Gasteiger partial charge < -0.3 is 20.1 Å². The van der Waals surface area contributed by atoms with Crippen LogP contribution in [0.3, 0.4) is 0 Å². The first-order valence-corrected chi connectivity index (χ1v) is 7.36. The molecule has 0 bridgehead atoms. The summed E-state index contributed by atoms with van der Waals surface area (Å²) in [6.45, 7) is 1.36. The lowest BCUT2D eigenvalue weighted by Crippen LogP contribution is -2.32. The van der Waals surface area contributed by atoms with Crippen molar-refractivity contribution in [3.63, 3.8) is 0 Å². The van der Waals surface area contributed by atoms with Crippen LogP contribution in [0.4, 0.5) is 0 Å². The Labute approximate surface area is 125 Å². The quantitative estimate of drug-likeness (QED) is 0.822. The highest BCUT2D eigenvalue weighted by Gasteiger charge is 2.24. The normalized spacial score (nSPS) is 21.7. The molecule has 2 atom stereocenters. The van der Waals surface area contributed by atoms with Crippen LogP contribution in [0.2, 0.25) is 0 Å². The van der Waals surface area contributed by atoms with E-state index < -0.39 is 0 Å². The van der Waals surface area contributed by atoms with Crippen molar-refractivity contribution in [2.75, 3.05) is 27.2 Å². The number of carbonyl (C=O) groups excluding carboxylic acids is 1. The van der Waals surface area contributed by atoms with E-state index in [1.807, 2.05) is 38.4 Å². The molecule has 1 fully saturated rings. The molecule has 1 amide bonds. The van der Waals surface area contributed by atoms with Gasteiger partial charge in [0.1, 0.15) is 0 Å². The lowest BCUT2D eigenvalue weighted by Gasteiger charge is -2.14. The summed E-state index contributed by atoms with van der Waals surface area (Å²) in [7, 11) is 4.00. The van der Waals surface area contributed by atoms with Crippen LogP contribution in [-0.2, 0) is 11.3 Å². The van der Waals surface area contributed by atoms with Crippen molar-refractivity contribution in [1.82, 2.24) is 10.2 Å². The van der Waals surface area contributed by atoms with Crippen molar-refractivity contribution in [1.29, 1.82) is 0 Å². The maximum atomic E-state index is 12.2. The summed E-state index contributed by atoms with van der Waals surface area (Å²) in [5.41, 5.74) is 1.79. The van der Waals surface area contributed by atoms with Gasteiger partial charge in [-0.05, 0) is 44.6 Å². The average Bonchev–Trinajstić information content (AvgIpc) is 2.92. The summed E-state index contributed by atoms with van der Waals surface area (Å²) < 4.78 is 5.60. The zero-order valence-corrected chi connectivity index (χ0v) is 12.7. The van der Waals surface area contributed by atoms with Crippen LogP contribution >= 0.6 is 0 Å². The first kappa shape index (κ1) is 15.9. The zero-order chi connectivity index (χ0) is 15.2. The second-order valence-corrected chi connectivity index (χ2v) is 5.79. The van der Waals surface area contributed by atoms with Crippen LogP contribution in [0, 0.1) is 0 Å². The number of hydrogen-bond donors (Lipinski definition) is 2. The molecular weight excluding hydrogens is 268 g/mol. The molecule has 5 nitrogen and oxygen atoms in total. The Morgan fingerprint density at radius 1 is 1.38 bits per heavy atom. The summed E-state index contributed by atoms with van der Waals surface area (Å²) in [5, 5.41) is 11.9. The Morgan fingerprint density at radius 2 is 2.14 bits per heavy atom. The molecule has 1 aromatic rings. The summed E-state index contributed by atoms with van der Waals surface area (Å²) in [6.07, 6.45) is 1.67. The Morgan fingerprint density at radius 3 is 2.81 bits per heavy atom. The number of benzene rings is 1. The number of nitrogens with zero attached hydrogens (tertiary/aromatic N) is 1. The summed E-state index contributed by atoms with van der Waals surface area (Å²) >= 11 is 0. The molecule has 1 aromatic carbocycles. The maximum Gasteiger partial charge on any atom is 0.251 e. The molecule has 0 aliphatic carbocycles. The minimum atomic E-state index is -0.0772. The Kier molecular flexibility index (Phi) is 5.73. The van der Waals surface area contributed by atoms with Gasteiger partial charge in [-0.1, -0.05) is 12.1 Å². The minimum absolute atomic E-state index is 0.0102. The van der Waals surface area contributed by atoms with E-state index in [4.69, 9.17) is 9.84 Å². The monoisotopic (exact) mass is 292 g/mol. The highest BCUT2D eigenvalue weighted by molar-refractivity contribution is 5.94. The van der Waals surface area contributed by atoms with Crippen molar-refractivity contribution in [3.05, 3.63) is 35.4 Å². The molecule has 1 heterocycles. The molecule has 0 radical (unpaired) electrons. The Bertz CT molecular complexity index is 476. The van der Waals surface area contributed by atoms with Crippen molar-refractivity contribution in [3.8, 4) is 0 Å². The highest BCUT2D eigenvalue weighted by atomic mass is 16.5. The molecule has 116 valence electrons. The van der Waals surface area contributed by atoms with E-state index >= 15 is 0 Å². The van der Waals surface area contributed by atoms with Gasteiger partial charge in [0.15, 0.2) is 0 Å². The number of nitrogens with one attached hydrogen (secondary N) is 1. The van der Waals surface area contributed by atoms with Crippen molar-refractivity contribution in [2.45, 2.75) is 31.6 Å². The first-order valence-electron chi connectivity index (χ1n) is 7.36. The highest BCUT2D eigenvalue weighted by Crippen LogP contribution is 2.18. The van der Waals surface area contributed by atoms with E-state index in [1.165, 1.54) is 0 Å². The second-order valence-electron chi connectivity index (χ2n) is 5.79. The van der Waals surface area contributed by atoms with Crippen molar-refractivity contribution >= 4 is 5.91 Å². The van der Waals surface area contributed by atoms with Crippen molar-refractivity contribution < 1.29 is 14.6 Å². The van der Waals surface area contributed by atoms with Crippen LogP contribution in [0.25, 0.3) is 0 Å². The molecule has 2 N–H and O–H groups in total. The predicted molar refractivity (Wildman–Crippen MR) is 81.1 cm³/mol. The van der Waals surface area contributed by atoms with E-state index in [0.717, 1.165) is 24.9 Å². The van der Waals surface area contributed by atoms with Gasteiger partial charge in [-0.25, -0.2) is 0 Å². The van der Waals surface area contributed by atoms with Crippen LogP contribution in [0.1, 0.15) is 28.8 Å². The molecule has 0 spiro atoms. The van der Waals surface area contributed by atoms with Gasteiger partial charge in [0.05, 0.1) is 18.8 Å². The summed E-state index contributed by atoms with van der Waals surface area (Å²) in [4.78, 5) is 14.2. The van der Waals surface area contributed by atoms with E-state index in [0.29, 0.717) is 12.1 Å². The lowest BCUT2D eigenvalue weighted by atomic mass is 10.1. The molecule has 2 rings (SSSR count). The number of rotatable bonds is 6. The molecule has 1 aliphatic rings. The van der Waals surface area contributed by atoms with Gasteiger partial charge >= 0.3 is 0 Å². The lowest BCUT2D eigenvalue weighted by molar-refractivity contribution is 0.0125. The van der Waals surface area contributed by atoms with E-state index in [9.17, 15) is 4.79 Å². The van der Waals surface area contributed by atoms with Gasteiger partial charge in [-0.2, -0.15) is 0 Å². The fourth-order valence-corrected chi connectivity index (χ4v) is 2.55. The van der Waals surface area contributed by atoms with Gasteiger partial charge in [-0.15, -0.1) is 0 Å². The Balaban J connectivity index is 1.86. The first-order chi connectivity index (χ1) is 10.1. The summed E-state index contributed by atoms with van der Waals surface area (Å²) in [5.74, 6) is -0.0772. The third kappa shape index (κ3) is 4.81. The average molecular weight is 292 g/mol. The standard InChI is InChI=1S/C16H24N2O3/c1-18(2)10-12-4-3-5-13(8-12)16(20)17-9-14-6-7-15(11-19)21-14/h3-5,8,14-15,19H,6-7,9-11H2,1-2H3,(H,17,20)/t14-,15+/m1/s1. The smallest absolute Gasteiger partial charge is 0.251 e. The zero-order valence-electron chi connectivity index (χ0n) is 12.7. The van der Waals surface area contributed by atoms with Gasteiger partial charge in [0.2, 0.25) is 0 Å². The topological polar surface area (TPSA) is 61.8 Å². The Hall–Kier alpha value is -1.43. The molecule has 1 saturated heterocycles. The van der Waals surface area contributed by atoms with Crippen LogP contribution < -0.4 is 5.32 Å². The van der Waals surface area contributed by atoms with E-state index in [1.54, 1.807) is 0 Å². The molecule has 0 unspecified atom stereocenters. The van der Waals surface area contributed by atoms with Gasteiger partial charge in [-0.3, -0.25) is 4.79 Å². The number of amides is 1. The fourth-order valence-electron chi connectivity index (χ4n) is 2.55. The predicted octanol–water partition coefficient (Wildman–Crippen LogP) is 1.02. The van der Waals surface area contributed by atoms with Crippen LogP contribution in [-0.4, -0.2) is 55.4 Å². The second kappa shape index (κ2) is 7.54. The largest absolute Gasteiger partial charge is 0.394 e. The number of aliphatic hydroxyl groups is 1.